The number of nitrogens with one attached hydrogen (secondary N) is 1. The van der Waals surface area contributed by atoms with Crippen molar-refractivity contribution in [2.24, 2.45) is 5.92 Å². The van der Waals surface area contributed by atoms with Crippen molar-refractivity contribution in [3.05, 3.63) is 29.3 Å². The fourth-order valence-electron chi connectivity index (χ4n) is 1.88. The van der Waals surface area contributed by atoms with Crippen molar-refractivity contribution in [2.75, 3.05) is 0 Å². The highest BCUT2D eigenvalue weighted by molar-refractivity contribution is 5.36. The van der Waals surface area contributed by atoms with Gasteiger partial charge < -0.3 is 10.4 Å². The topological polar surface area (TPSA) is 32.3 Å². The zero-order valence-electron chi connectivity index (χ0n) is 9.30. The minimum absolute atomic E-state index is 0.250. The van der Waals surface area contributed by atoms with Gasteiger partial charge in [-0.25, -0.2) is 8.78 Å². The third-order valence-corrected chi connectivity index (χ3v) is 3.10. The van der Waals surface area contributed by atoms with Crippen LogP contribution in [0.3, 0.4) is 0 Å². The van der Waals surface area contributed by atoms with Crippen LogP contribution in [0, 0.1) is 17.6 Å². The third kappa shape index (κ3) is 2.16. The molecule has 4 heteroatoms. The van der Waals surface area contributed by atoms with Crippen LogP contribution in [-0.4, -0.2) is 11.1 Å². The molecule has 16 heavy (non-hydrogen) atoms. The summed E-state index contributed by atoms with van der Waals surface area (Å²) in [6, 6.07) is 2.00. The van der Waals surface area contributed by atoms with Crippen LogP contribution in [0.25, 0.3) is 0 Å². The van der Waals surface area contributed by atoms with Crippen LogP contribution in [-0.2, 0) is 0 Å². The summed E-state index contributed by atoms with van der Waals surface area (Å²) < 4.78 is 26.1. The summed E-state index contributed by atoms with van der Waals surface area (Å²) in [6.45, 7) is 3.90. The second kappa shape index (κ2) is 4.01. The number of aromatic hydroxyl groups is 1. The van der Waals surface area contributed by atoms with Gasteiger partial charge in [-0.05, 0) is 25.3 Å². The fourth-order valence-corrected chi connectivity index (χ4v) is 1.88. The van der Waals surface area contributed by atoms with Crippen LogP contribution >= 0.6 is 0 Å². The first-order chi connectivity index (χ1) is 7.49. The van der Waals surface area contributed by atoms with Gasteiger partial charge in [0.1, 0.15) is 5.82 Å². The standard InChI is InChI=1S/C12H15F2NO/c1-6-3-11(6)15-7(2)9-4-8(13)5-10(14)12(9)16/h4-7,11,15-16H,3H2,1-2H3. The number of benzene rings is 1. The molecule has 1 aromatic carbocycles. The number of phenolic OH excluding ortho intramolecular Hbond substituents is 1. The van der Waals surface area contributed by atoms with Gasteiger partial charge in [-0.1, -0.05) is 6.92 Å². The Hall–Kier alpha value is -1.16. The number of halogens is 2. The predicted molar refractivity (Wildman–Crippen MR) is 57.1 cm³/mol. The molecule has 0 bridgehead atoms. The monoisotopic (exact) mass is 227 g/mol. The normalized spacial score (nSPS) is 25.5. The van der Waals surface area contributed by atoms with Gasteiger partial charge in [-0.15, -0.1) is 0 Å². The van der Waals surface area contributed by atoms with Crippen molar-refractivity contribution in [1.82, 2.24) is 5.32 Å². The first-order valence-electron chi connectivity index (χ1n) is 5.43. The fraction of sp³-hybridized carbons (Fsp3) is 0.500. The minimum atomic E-state index is -0.910. The molecule has 1 aliphatic rings. The Labute approximate surface area is 93.3 Å². The van der Waals surface area contributed by atoms with Gasteiger partial charge in [0, 0.05) is 23.7 Å². The van der Waals surface area contributed by atoms with E-state index < -0.39 is 17.4 Å². The molecule has 0 aliphatic heterocycles. The van der Waals surface area contributed by atoms with Crippen molar-refractivity contribution in [2.45, 2.75) is 32.4 Å². The second-order valence-corrected chi connectivity index (χ2v) is 4.53. The van der Waals surface area contributed by atoms with Gasteiger partial charge >= 0.3 is 0 Å². The molecule has 2 N–H and O–H groups in total. The molecule has 0 radical (unpaired) electrons. The molecule has 2 nitrogen and oxygen atoms in total. The zero-order chi connectivity index (χ0) is 11.9. The van der Waals surface area contributed by atoms with Crippen molar-refractivity contribution < 1.29 is 13.9 Å². The molecule has 0 aromatic heterocycles. The molecule has 1 aromatic rings. The molecule has 0 heterocycles. The number of phenols is 1. The number of rotatable bonds is 3. The molecular weight excluding hydrogens is 212 g/mol. The molecule has 1 aliphatic carbocycles. The lowest BCUT2D eigenvalue weighted by Gasteiger charge is -2.15. The predicted octanol–water partition coefficient (Wildman–Crippen LogP) is 2.73. The van der Waals surface area contributed by atoms with Crippen LogP contribution in [0.2, 0.25) is 0 Å². The lowest BCUT2D eigenvalue weighted by Crippen LogP contribution is -2.22. The van der Waals surface area contributed by atoms with E-state index in [9.17, 15) is 13.9 Å². The highest BCUT2D eigenvalue weighted by atomic mass is 19.1. The Balaban J connectivity index is 2.18. The first-order valence-corrected chi connectivity index (χ1v) is 5.43. The molecule has 0 spiro atoms. The van der Waals surface area contributed by atoms with Crippen molar-refractivity contribution in [1.29, 1.82) is 0 Å². The van der Waals surface area contributed by atoms with E-state index in [4.69, 9.17) is 0 Å². The maximum atomic E-state index is 13.1. The van der Waals surface area contributed by atoms with Crippen LogP contribution in [0.1, 0.15) is 31.9 Å². The maximum absolute atomic E-state index is 13.1. The quantitative estimate of drug-likeness (QED) is 0.832. The largest absolute Gasteiger partial charge is 0.505 e. The van der Waals surface area contributed by atoms with Crippen molar-refractivity contribution >= 4 is 0 Å². The van der Waals surface area contributed by atoms with E-state index in [1.54, 1.807) is 6.92 Å². The van der Waals surface area contributed by atoms with Crippen LogP contribution < -0.4 is 5.32 Å². The molecule has 88 valence electrons. The van der Waals surface area contributed by atoms with E-state index in [-0.39, 0.29) is 11.6 Å². The Morgan fingerprint density at radius 1 is 1.44 bits per heavy atom. The third-order valence-electron chi connectivity index (χ3n) is 3.10. The lowest BCUT2D eigenvalue weighted by molar-refractivity contribution is 0.408. The van der Waals surface area contributed by atoms with Gasteiger partial charge in [0.2, 0.25) is 0 Å². The maximum Gasteiger partial charge on any atom is 0.168 e. The van der Waals surface area contributed by atoms with Crippen LogP contribution in [0.15, 0.2) is 12.1 Å². The summed E-state index contributed by atoms with van der Waals surface area (Å²) in [5, 5.41) is 12.7. The van der Waals surface area contributed by atoms with Gasteiger partial charge in [0.15, 0.2) is 11.6 Å². The van der Waals surface area contributed by atoms with E-state index in [1.807, 2.05) is 0 Å². The Morgan fingerprint density at radius 2 is 2.06 bits per heavy atom. The van der Waals surface area contributed by atoms with Gasteiger partial charge in [-0.3, -0.25) is 0 Å². The zero-order valence-corrected chi connectivity index (χ0v) is 9.30. The molecule has 0 amide bonds. The molecule has 1 fully saturated rings. The summed E-state index contributed by atoms with van der Waals surface area (Å²) in [7, 11) is 0. The molecule has 3 atom stereocenters. The summed E-state index contributed by atoms with van der Waals surface area (Å²) in [5.74, 6) is -1.44. The van der Waals surface area contributed by atoms with E-state index in [0.29, 0.717) is 18.0 Å². The molecule has 3 unspecified atom stereocenters. The average Bonchev–Trinajstić information content (AvgIpc) is 2.87. The number of hydrogen-bond donors (Lipinski definition) is 2. The first kappa shape index (κ1) is 11.3. The van der Waals surface area contributed by atoms with Crippen molar-refractivity contribution in [3.63, 3.8) is 0 Å². The molecule has 1 saturated carbocycles. The summed E-state index contributed by atoms with van der Waals surface area (Å²) in [4.78, 5) is 0. The summed E-state index contributed by atoms with van der Waals surface area (Å²) >= 11 is 0. The van der Waals surface area contributed by atoms with Gasteiger partial charge in [0.05, 0.1) is 0 Å². The van der Waals surface area contributed by atoms with Crippen LogP contribution in [0.5, 0.6) is 5.75 Å². The summed E-state index contributed by atoms with van der Waals surface area (Å²) in [5.41, 5.74) is 0.275. The smallest absolute Gasteiger partial charge is 0.168 e. The number of hydrogen-bond acceptors (Lipinski definition) is 2. The molecule has 0 saturated heterocycles. The van der Waals surface area contributed by atoms with E-state index in [1.165, 1.54) is 6.07 Å². The van der Waals surface area contributed by atoms with E-state index in [0.717, 1.165) is 6.42 Å². The second-order valence-electron chi connectivity index (χ2n) is 4.53. The minimum Gasteiger partial charge on any atom is -0.505 e. The Kier molecular flexibility index (Phi) is 2.84. The SMILES string of the molecule is CC(NC1CC1C)c1cc(F)cc(F)c1O. The van der Waals surface area contributed by atoms with Gasteiger partial charge in [0.25, 0.3) is 0 Å². The molecule has 2 rings (SSSR count). The van der Waals surface area contributed by atoms with E-state index >= 15 is 0 Å². The van der Waals surface area contributed by atoms with Gasteiger partial charge in [-0.2, -0.15) is 0 Å². The highest BCUT2D eigenvalue weighted by Crippen LogP contribution is 2.34. The van der Waals surface area contributed by atoms with Crippen molar-refractivity contribution in [3.8, 4) is 5.75 Å². The van der Waals surface area contributed by atoms with Crippen LogP contribution in [0.4, 0.5) is 8.78 Å². The Morgan fingerprint density at radius 3 is 2.62 bits per heavy atom. The average molecular weight is 227 g/mol. The van der Waals surface area contributed by atoms with E-state index in [2.05, 4.69) is 12.2 Å². The summed E-state index contributed by atoms with van der Waals surface area (Å²) in [6.07, 6.45) is 1.07. The lowest BCUT2D eigenvalue weighted by atomic mass is 10.1. The Bertz CT molecular complexity index is 408. The highest BCUT2D eigenvalue weighted by Gasteiger charge is 2.34. The molecular formula is C12H15F2NO.